The molecule has 0 saturated heterocycles. The maximum atomic E-state index is 12.3. The van der Waals surface area contributed by atoms with E-state index < -0.39 is 5.60 Å². The Balaban J connectivity index is 0.000000134. The highest BCUT2D eigenvalue weighted by Crippen LogP contribution is 2.40. The zero-order chi connectivity index (χ0) is 58.0. The highest BCUT2D eigenvalue weighted by Gasteiger charge is 2.30. The zero-order valence-electron chi connectivity index (χ0n) is 49.1. The van der Waals surface area contributed by atoms with E-state index in [1.165, 1.54) is 55.6 Å². The number of benzene rings is 4. The number of amides is 1. The molecule has 8 heterocycles. The first kappa shape index (κ1) is 60.1. The third-order valence-corrected chi connectivity index (χ3v) is 15.0. The summed E-state index contributed by atoms with van der Waals surface area (Å²) < 4.78 is 29.3. The van der Waals surface area contributed by atoms with Gasteiger partial charge in [-0.05, 0) is 159 Å². The van der Waals surface area contributed by atoms with Gasteiger partial charge in [0.05, 0.1) is 51.3 Å². The number of nitrogens with one attached hydrogen (secondary N) is 3. The van der Waals surface area contributed by atoms with Gasteiger partial charge in [-0.1, -0.05) is 97.1 Å². The number of likely N-dealkylation sites (N-methyl/N-ethyl adjacent to an activating group) is 4. The highest BCUT2D eigenvalue weighted by atomic mass is 16.6. The average molecular weight is 1120 g/mol. The van der Waals surface area contributed by atoms with Crippen LogP contribution in [0.4, 0.5) is 4.79 Å². The van der Waals surface area contributed by atoms with Crippen LogP contribution in [0.2, 0.25) is 0 Å². The predicted octanol–water partition coefficient (Wildman–Crippen LogP) is 12.0. The van der Waals surface area contributed by atoms with E-state index in [1.54, 1.807) is 36.7 Å². The van der Waals surface area contributed by atoms with E-state index in [-0.39, 0.29) is 30.5 Å². The molecule has 4 aliphatic heterocycles. The van der Waals surface area contributed by atoms with E-state index in [9.17, 15) is 4.79 Å². The van der Waals surface area contributed by atoms with Crippen LogP contribution < -0.4 is 16.0 Å². The molecule has 0 fully saturated rings. The molecule has 0 spiro atoms. The minimum atomic E-state index is -0.516. The second-order valence-electron chi connectivity index (χ2n) is 22.0. The third-order valence-electron chi connectivity index (χ3n) is 15.0. The fourth-order valence-electron chi connectivity index (χ4n) is 11.4. The molecule has 14 nitrogen and oxygen atoms in total. The van der Waals surface area contributed by atoms with E-state index in [0.29, 0.717) is 13.2 Å². The maximum absolute atomic E-state index is 12.3. The largest absolute Gasteiger partial charge is 0.444 e. The van der Waals surface area contributed by atoms with Gasteiger partial charge in [-0.15, -0.1) is 0 Å². The van der Waals surface area contributed by atoms with Gasteiger partial charge in [0, 0.05) is 98.5 Å². The van der Waals surface area contributed by atoms with E-state index in [1.807, 2.05) is 97.0 Å². The molecule has 12 rings (SSSR count). The molecule has 0 saturated carbocycles. The molecule has 0 radical (unpaired) electrons. The van der Waals surface area contributed by atoms with E-state index in [4.69, 9.17) is 23.7 Å². The predicted molar refractivity (Wildman–Crippen MR) is 329 cm³/mol. The number of fused-ring (bicyclic) bond motifs is 4. The van der Waals surface area contributed by atoms with Gasteiger partial charge in [-0.25, -0.2) is 4.79 Å². The maximum Gasteiger partial charge on any atom is 0.410 e. The quantitative estimate of drug-likeness (QED) is 0.106. The number of hydrogen-bond donors (Lipinski definition) is 3. The van der Waals surface area contributed by atoms with Crippen LogP contribution in [0.3, 0.4) is 0 Å². The first-order valence-corrected chi connectivity index (χ1v) is 29.0. The first-order valence-electron chi connectivity index (χ1n) is 29.0. The molecule has 432 valence electrons. The van der Waals surface area contributed by atoms with Crippen LogP contribution in [0.15, 0.2) is 171 Å². The van der Waals surface area contributed by atoms with Crippen molar-refractivity contribution in [1.82, 2.24) is 40.8 Å². The van der Waals surface area contributed by atoms with E-state index in [0.717, 1.165) is 98.5 Å². The average Bonchev–Trinajstić information content (AvgIpc) is 3.71. The number of nitrogens with zero attached hydrogens (tertiary/aromatic N) is 5. The van der Waals surface area contributed by atoms with Gasteiger partial charge < -0.3 is 44.5 Å². The summed E-state index contributed by atoms with van der Waals surface area (Å²) in [5.41, 5.74) is 19.4. The Bertz CT molecular complexity index is 3070. The Morgan fingerprint density at radius 2 is 0.747 bits per heavy atom. The molecule has 1 amide bonds. The summed E-state index contributed by atoms with van der Waals surface area (Å²) in [5.74, 6) is 0. The molecular weight excluding hydrogens is 1040 g/mol. The molecule has 2 unspecified atom stereocenters. The van der Waals surface area contributed by atoms with Gasteiger partial charge in [-0.2, -0.15) is 0 Å². The number of pyridine rings is 4. The lowest BCUT2D eigenvalue weighted by molar-refractivity contribution is -0.00144. The van der Waals surface area contributed by atoms with Crippen molar-refractivity contribution in [2.24, 2.45) is 0 Å². The van der Waals surface area contributed by atoms with Crippen molar-refractivity contribution in [2.45, 2.75) is 76.5 Å². The minimum absolute atomic E-state index is 0.130. The summed E-state index contributed by atoms with van der Waals surface area (Å²) in [6.07, 6.45) is 18.5. The van der Waals surface area contributed by atoms with Gasteiger partial charge in [0.15, 0.2) is 0 Å². The number of carbonyl (C=O) groups is 1. The van der Waals surface area contributed by atoms with E-state index >= 15 is 0 Å². The monoisotopic (exact) mass is 1120 g/mol. The fraction of sp³-hybridized carbons (Fsp3) is 0.348. The summed E-state index contributed by atoms with van der Waals surface area (Å²) in [5, 5.41) is 9.65. The summed E-state index contributed by atoms with van der Waals surface area (Å²) >= 11 is 0. The Morgan fingerprint density at radius 1 is 0.458 bits per heavy atom. The second kappa shape index (κ2) is 29.6. The van der Waals surface area contributed by atoms with Crippen molar-refractivity contribution < 1.29 is 28.5 Å². The summed E-state index contributed by atoms with van der Waals surface area (Å²) in [7, 11) is 7.64. The lowest BCUT2D eigenvalue weighted by atomic mass is 9.89. The minimum Gasteiger partial charge on any atom is -0.444 e. The van der Waals surface area contributed by atoms with Crippen LogP contribution in [0, 0.1) is 0 Å². The smallest absolute Gasteiger partial charge is 0.410 e. The van der Waals surface area contributed by atoms with Crippen LogP contribution in [0.5, 0.6) is 0 Å². The lowest BCUT2D eigenvalue weighted by Crippen LogP contribution is -2.38. The number of rotatable bonds is 12. The molecule has 4 aromatic carbocycles. The Morgan fingerprint density at radius 3 is 1.01 bits per heavy atom. The molecule has 8 aromatic rings. The number of ether oxygens (including phenoxy) is 5. The van der Waals surface area contributed by atoms with Crippen LogP contribution in [0.25, 0.3) is 44.5 Å². The number of carbonyl (C=O) groups excluding carboxylic acids is 1. The third kappa shape index (κ3) is 15.6. The molecule has 4 aliphatic rings. The lowest BCUT2D eigenvalue weighted by Gasteiger charge is -2.32. The van der Waals surface area contributed by atoms with Crippen molar-refractivity contribution in [3.05, 3.63) is 215 Å². The van der Waals surface area contributed by atoms with Crippen LogP contribution in [-0.2, 0) is 49.4 Å². The van der Waals surface area contributed by atoms with Gasteiger partial charge in [0.25, 0.3) is 0 Å². The van der Waals surface area contributed by atoms with Crippen molar-refractivity contribution in [2.75, 3.05) is 80.8 Å². The molecule has 83 heavy (non-hydrogen) atoms. The number of hydrogen-bond acceptors (Lipinski definition) is 13. The van der Waals surface area contributed by atoms with Gasteiger partial charge in [0.1, 0.15) is 11.7 Å². The summed E-state index contributed by atoms with van der Waals surface area (Å²) in [6.45, 7) is 11.6. The van der Waals surface area contributed by atoms with Crippen LogP contribution in [-0.4, -0.2) is 117 Å². The Kier molecular flexibility index (Phi) is 21.4. The standard InChI is InChI=1S/C21H26N2O3.3C16H18N2O/c1-21(2,3)26-20(24)23(4)14-18-19-15(10-12-25-18)7-5-9-17(19)16-8-6-11-22-13-16;3*1-17-11-15-16-12(7-9-19-15)4-2-6-14(16)13-5-3-8-18-10-13/h5-9,11,13,18H,10,12,14H2,1-4H3;3*2-6,8,10,15,17H,7,9,11H2,1H3/t;2*15-;/m.10./s1. The van der Waals surface area contributed by atoms with Gasteiger partial charge >= 0.3 is 6.09 Å². The van der Waals surface area contributed by atoms with Crippen LogP contribution in [0.1, 0.15) is 89.7 Å². The molecule has 14 heteroatoms. The fourth-order valence-corrected chi connectivity index (χ4v) is 11.4. The molecular formula is C69H80N8O6. The van der Waals surface area contributed by atoms with Crippen molar-refractivity contribution >= 4 is 6.09 Å². The van der Waals surface area contributed by atoms with Crippen molar-refractivity contribution in [3.63, 3.8) is 0 Å². The Hall–Kier alpha value is -7.53. The van der Waals surface area contributed by atoms with Crippen molar-refractivity contribution in [3.8, 4) is 44.5 Å². The van der Waals surface area contributed by atoms with Gasteiger partial charge in [0.2, 0.25) is 0 Å². The number of aromatic nitrogens is 4. The Labute approximate surface area is 490 Å². The van der Waals surface area contributed by atoms with E-state index in [2.05, 4.69) is 127 Å². The zero-order valence-corrected chi connectivity index (χ0v) is 49.1. The van der Waals surface area contributed by atoms with Crippen molar-refractivity contribution in [1.29, 1.82) is 0 Å². The summed E-state index contributed by atoms with van der Waals surface area (Å²) in [6, 6.07) is 42.0. The topological polar surface area (TPSA) is 154 Å². The summed E-state index contributed by atoms with van der Waals surface area (Å²) in [4.78, 5) is 30.8. The molecule has 0 bridgehead atoms. The molecule has 3 N–H and O–H groups in total. The highest BCUT2D eigenvalue weighted by molar-refractivity contribution is 5.73. The molecule has 4 aromatic heterocycles. The first-order chi connectivity index (χ1) is 40.5. The van der Waals surface area contributed by atoms with Gasteiger partial charge in [-0.3, -0.25) is 19.9 Å². The molecule has 4 atom stereocenters. The second-order valence-corrected chi connectivity index (χ2v) is 22.0. The molecule has 0 aliphatic carbocycles. The SMILES string of the molecule is CN(CC1OCCc2cccc(-c3cccnc3)c21)C(=O)OC(C)(C)C.CNCC1OCCc2cccc(-c3cccnc3)c21.CNC[C@@H]1OCCc2cccc(-c3cccnc3)c21.CNC[C@H]1OCCc2cccc(-c3cccnc3)c21. The normalized spacial score (nSPS) is 17.6. The van der Waals surface area contributed by atoms with Crippen LogP contribution >= 0.6 is 0 Å².